The van der Waals surface area contributed by atoms with Gasteiger partial charge in [-0.15, -0.1) is 0 Å². The smallest absolute Gasteiger partial charge is 0.269 e. The van der Waals surface area contributed by atoms with Crippen LogP contribution >= 0.6 is 0 Å². The van der Waals surface area contributed by atoms with Crippen LogP contribution in [0.25, 0.3) is 0 Å². The predicted octanol–water partition coefficient (Wildman–Crippen LogP) is 2.75. The summed E-state index contributed by atoms with van der Waals surface area (Å²) in [5.74, 6) is 0. The number of benzene rings is 2. The maximum Gasteiger partial charge on any atom is 0.269 e. The van der Waals surface area contributed by atoms with E-state index in [2.05, 4.69) is 0 Å². The summed E-state index contributed by atoms with van der Waals surface area (Å²) in [4.78, 5) is 10.2. The summed E-state index contributed by atoms with van der Waals surface area (Å²) in [5.41, 5.74) is 0.773. The van der Waals surface area contributed by atoms with Gasteiger partial charge in [-0.1, -0.05) is 30.3 Å². The van der Waals surface area contributed by atoms with E-state index < -0.39 is 21.0 Å². The highest BCUT2D eigenvalue weighted by Gasteiger charge is 2.37. The zero-order valence-electron chi connectivity index (χ0n) is 13.6. The summed E-state index contributed by atoms with van der Waals surface area (Å²) in [6.07, 6.45) is -0.359. The molecule has 0 bridgehead atoms. The van der Waals surface area contributed by atoms with Crippen LogP contribution in [0.15, 0.2) is 59.5 Å². The van der Waals surface area contributed by atoms with Crippen LogP contribution in [-0.4, -0.2) is 36.8 Å². The van der Waals surface area contributed by atoms with Crippen LogP contribution in [0.2, 0.25) is 0 Å². The van der Waals surface area contributed by atoms with E-state index in [1.165, 1.54) is 28.6 Å². The summed E-state index contributed by atoms with van der Waals surface area (Å²) in [5, 5.41) is 10.7. The molecule has 1 aliphatic heterocycles. The molecule has 1 fully saturated rings. The Bertz CT molecular complexity index is 852. The van der Waals surface area contributed by atoms with Crippen molar-refractivity contribution in [1.29, 1.82) is 0 Å². The Balaban J connectivity index is 1.89. The van der Waals surface area contributed by atoms with Crippen molar-refractivity contribution in [3.05, 3.63) is 70.3 Å². The number of morpholine rings is 1. The predicted molar refractivity (Wildman–Crippen MR) is 91.6 cm³/mol. The summed E-state index contributed by atoms with van der Waals surface area (Å²) in [6.45, 7) is 2.33. The molecule has 0 saturated carbocycles. The van der Waals surface area contributed by atoms with E-state index in [0.717, 1.165) is 5.56 Å². The van der Waals surface area contributed by atoms with Gasteiger partial charge in [0, 0.05) is 18.7 Å². The molecule has 0 N–H and O–H groups in total. The van der Waals surface area contributed by atoms with E-state index in [1.54, 1.807) is 6.92 Å². The van der Waals surface area contributed by atoms with Gasteiger partial charge in [0.15, 0.2) is 0 Å². The molecule has 7 nitrogen and oxygen atoms in total. The zero-order valence-corrected chi connectivity index (χ0v) is 14.4. The average Bonchev–Trinajstić information content (AvgIpc) is 2.62. The zero-order chi connectivity index (χ0) is 18.0. The quantitative estimate of drug-likeness (QED) is 0.616. The Labute approximate surface area is 146 Å². The van der Waals surface area contributed by atoms with E-state index in [9.17, 15) is 18.5 Å². The van der Waals surface area contributed by atoms with Crippen molar-refractivity contribution in [2.75, 3.05) is 13.2 Å². The lowest BCUT2D eigenvalue weighted by atomic mass is 10.0. The molecule has 8 heteroatoms. The summed E-state index contributed by atoms with van der Waals surface area (Å²) < 4.78 is 33.1. The minimum atomic E-state index is -3.76. The molecule has 1 aliphatic rings. The Morgan fingerprint density at radius 1 is 1.12 bits per heavy atom. The second-order valence-electron chi connectivity index (χ2n) is 5.81. The van der Waals surface area contributed by atoms with Crippen LogP contribution < -0.4 is 0 Å². The summed E-state index contributed by atoms with van der Waals surface area (Å²) >= 11 is 0. The third-order valence-electron chi connectivity index (χ3n) is 4.28. The number of ether oxygens (including phenoxy) is 1. The molecule has 0 aromatic heterocycles. The Morgan fingerprint density at radius 2 is 1.76 bits per heavy atom. The maximum absolute atomic E-state index is 13.0. The minimum absolute atomic E-state index is 0.0404. The van der Waals surface area contributed by atoms with Gasteiger partial charge in [0.2, 0.25) is 10.0 Å². The van der Waals surface area contributed by atoms with Crippen molar-refractivity contribution < 1.29 is 18.1 Å². The van der Waals surface area contributed by atoms with Crippen molar-refractivity contribution in [2.24, 2.45) is 0 Å². The molecule has 0 aliphatic carbocycles. The number of sulfonamides is 1. The molecular formula is C17H18N2O5S. The fourth-order valence-corrected chi connectivity index (χ4v) is 4.61. The van der Waals surface area contributed by atoms with E-state index in [0.29, 0.717) is 0 Å². The summed E-state index contributed by atoms with van der Waals surface area (Å²) in [6, 6.07) is 14.0. The van der Waals surface area contributed by atoms with Gasteiger partial charge >= 0.3 is 0 Å². The van der Waals surface area contributed by atoms with Crippen molar-refractivity contribution in [3.63, 3.8) is 0 Å². The van der Waals surface area contributed by atoms with Crippen LogP contribution in [-0.2, 0) is 14.8 Å². The Kier molecular flexibility index (Phi) is 4.85. The number of hydrogen-bond donors (Lipinski definition) is 0. The molecule has 1 saturated heterocycles. The second kappa shape index (κ2) is 6.91. The Morgan fingerprint density at radius 3 is 2.36 bits per heavy atom. The molecule has 132 valence electrons. The number of non-ortho nitro benzene ring substituents is 1. The number of nitro groups is 1. The molecule has 2 aromatic rings. The van der Waals surface area contributed by atoms with E-state index in [-0.39, 0.29) is 29.8 Å². The van der Waals surface area contributed by atoms with Crippen molar-refractivity contribution >= 4 is 15.7 Å². The van der Waals surface area contributed by atoms with Crippen LogP contribution in [0, 0.1) is 10.1 Å². The number of hydrogen-bond acceptors (Lipinski definition) is 5. The van der Waals surface area contributed by atoms with Gasteiger partial charge in [0.1, 0.15) is 0 Å². The minimum Gasteiger partial charge on any atom is -0.370 e. The van der Waals surface area contributed by atoms with Crippen LogP contribution in [0.5, 0.6) is 0 Å². The fraction of sp³-hybridized carbons (Fsp3) is 0.294. The monoisotopic (exact) mass is 362 g/mol. The van der Waals surface area contributed by atoms with Crippen molar-refractivity contribution in [2.45, 2.75) is 24.0 Å². The standard InChI is InChI=1S/C17H18N2O5S/c1-13-17(14-5-3-2-4-6-14)24-12-11-18(13)25(22,23)16-9-7-15(8-10-16)19(20)21/h2-10,13,17H,11-12H2,1H3/t13-,17-/m1/s1. The molecular weight excluding hydrogens is 344 g/mol. The molecule has 2 atom stereocenters. The van der Waals surface area contributed by atoms with Gasteiger partial charge in [-0.05, 0) is 24.6 Å². The first-order valence-electron chi connectivity index (χ1n) is 7.84. The van der Waals surface area contributed by atoms with Crippen LogP contribution in [0.3, 0.4) is 0 Å². The van der Waals surface area contributed by atoms with E-state index >= 15 is 0 Å². The fourth-order valence-electron chi connectivity index (χ4n) is 3.00. The first-order chi connectivity index (χ1) is 11.9. The van der Waals surface area contributed by atoms with Gasteiger partial charge in [-0.3, -0.25) is 10.1 Å². The van der Waals surface area contributed by atoms with Gasteiger partial charge in [-0.25, -0.2) is 8.42 Å². The third-order valence-corrected chi connectivity index (χ3v) is 6.28. The van der Waals surface area contributed by atoms with Gasteiger partial charge in [0.25, 0.3) is 5.69 Å². The van der Waals surface area contributed by atoms with Crippen LogP contribution in [0.1, 0.15) is 18.6 Å². The highest BCUT2D eigenvalue weighted by atomic mass is 32.2. The largest absolute Gasteiger partial charge is 0.370 e. The Hall–Kier alpha value is -2.29. The van der Waals surface area contributed by atoms with Crippen LogP contribution in [0.4, 0.5) is 5.69 Å². The summed E-state index contributed by atoms with van der Waals surface area (Å²) in [7, 11) is -3.76. The molecule has 0 radical (unpaired) electrons. The third kappa shape index (κ3) is 3.41. The van der Waals surface area contributed by atoms with Gasteiger partial charge in [0.05, 0.1) is 28.6 Å². The maximum atomic E-state index is 13.0. The molecule has 25 heavy (non-hydrogen) atoms. The van der Waals surface area contributed by atoms with E-state index in [4.69, 9.17) is 4.74 Å². The van der Waals surface area contributed by atoms with Gasteiger partial charge < -0.3 is 4.74 Å². The lowest BCUT2D eigenvalue weighted by Crippen LogP contribution is -2.48. The highest BCUT2D eigenvalue weighted by Crippen LogP contribution is 2.32. The average molecular weight is 362 g/mol. The molecule has 3 rings (SSSR count). The lowest BCUT2D eigenvalue weighted by Gasteiger charge is -2.38. The molecule has 2 aromatic carbocycles. The van der Waals surface area contributed by atoms with Gasteiger partial charge in [-0.2, -0.15) is 4.31 Å². The normalized spacial score (nSPS) is 21.8. The molecule has 1 heterocycles. The first-order valence-corrected chi connectivity index (χ1v) is 9.28. The number of rotatable bonds is 4. The second-order valence-corrected chi connectivity index (χ2v) is 7.70. The molecule has 0 spiro atoms. The highest BCUT2D eigenvalue weighted by molar-refractivity contribution is 7.89. The van der Waals surface area contributed by atoms with Crippen molar-refractivity contribution in [3.8, 4) is 0 Å². The number of nitro benzene ring substituents is 1. The first kappa shape index (κ1) is 17.5. The molecule has 0 unspecified atom stereocenters. The topological polar surface area (TPSA) is 89.8 Å². The van der Waals surface area contributed by atoms with E-state index in [1.807, 2.05) is 30.3 Å². The number of nitrogens with zero attached hydrogens (tertiary/aromatic N) is 2. The SMILES string of the molecule is C[C@@H]1[C@H](c2ccccc2)OCCN1S(=O)(=O)c1ccc([N+](=O)[O-])cc1. The molecule has 0 amide bonds. The lowest BCUT2D eigenvalue weighted by molar-refractivity contribution is -0.384. The van der Waals surface area contributed by atoms with Crippen molar-refractivity contribution in [1.82, 2.24) is 4.31 Å².